The number of nitrogens with two attached hydrogens (primary N) is 1. The zero-order valence-corrected chi connectivity index (χ0v) is 9.89. The standard InChI is InChI=1S/C10H12N6O2/c1-5-3-7(4-8(12-5)14-11)9(17)13-10-16-15-6(2)18-10/h3-4H,11H2,1-2H3,(H,12,14)(H,13,16,17). The van der Waals surface area contributed by atoms with Gasteiger partial charge in [0.1, 0.15) is 5.82 Å². The molecule has 0 aliphatic carbocycles. The molecule has 1 amide bonds. The predicted molar refractivity (Wildman–Crippen MR) is 63.8 cm³/mol. The maximum absolute atomic E-state index is 11.9. The normalized spacial score (nSPS) is 10.2. The largest absolute Gasteiger partial charge is 0.408 e. The molecule has 94 valence electrons. The highest BCUT2D eigenvalue weighted by Crippen LogP contribution is 2.12. The fraction of sp³-hybridized carbons (Fsp3) is 0.200. The van der Waals surface area contributed by atoms with Crippen LogP contribution in [0, 0.1) is 13.8 Å². The molecule has 8 nitrogen and oxygen atoms in total. The Hall–Kier alpha value is -2.48. The highest BCUT2D eigenvalue weighted by molar-refractivity contribution is 6.03. The summed E-state index contributed by atoms with van der Waals surface area (Å²) in [4.78, 5) is 16.0. The van der Waals surface area contributed by atoms with Gasteiger partial charge in [0, 0.05) is 18.2 Å². The summed E-state index contributed by atoms with van der Waals surface area (Å²) in [6, 6.07) is 3.19. The first-order chi connectivity index (χ1) is 8.58. The lowest BCUT2D eigenvalue weighted by Gasteiger charge is -2.05. The predicted octanol–water partition coefficient (Wildman–Crippen LogP) is 0.619. The molecular formula is C10H12N6O2. The molecule has 2 heterocycles. The molecule has 0 bridgehead atoms. The molecule has 4 N–H and O–H groups in total. The SMILES string of the molecule is Cc1cc(C(=O)Nc2nnc(C)o2)cc(NN)n1. The van der Waals surface area contributed by atoms with E-state index in [0.717, 1.165) is 0 Å². The number of aromatic nitrogens is 3. The van der Waals surface area contributed by atoms with Crippen molar-refractivity contribution in [2.75, 3.05) is 10.7 Å². The summed E-state index contributed by atoms with van der Waals surface area (Å²) in [7, 11) is 0. The summed E-state index contributed by atoms with van der Waals surface area (Å²) < 4.78 is 5.05. The first kappa shape index (κ1) is 12.0. The van der Waals surface area contributed by atoms with E-state index in [2.05, 4.69) is 25.9 Å². The third-order valence-corrected chi connectivity index (χ3v) is 2.11. The van der Waals surface area contributed by atoms with Crippen LogP contribution in [0.2, 0.25) is 0 Å². The number of amides is 1. The second-order valence-electron chi connectivity index (χ2n) is 3.61. The van der Waals surface area contributed by atoms with Gasteiger partial charge in [0.2, 0.25) is 5.89 Å². The number of hydrogen-bond acceptors (Lipinski definition) is 7. The van der Waals surface area contributed by atoms with Crippen LogP contribution < -0.4 is 16.6 Å². The number of anilines is 2. The molecule has 2 rings (SSSR count). The average Bonchev–Trinajstić information content (AvgIpc) is 2.73. The highest BCUT2D eigenvalue weighted by atomic mass is 16.4. The fourth-order valence-corrected chi connectivity index (χ4v) is 1.39. The number of pyridine rings is 1. The molecule has 2 aromatic rings. The van der Waals surface area contributed by atoms with Crippen molar-refractivity contribution in [2.24, 2.45) is 5.84 Å². The third-order valence-electron chi connectivity index (χ3n) is 2.11. The maximum atomic E-state index is 11.9. The van der Waals surface area contributed by atoms with Crippen LogP contribution in [0.25, 0.3) is 0 Å². The fourth-order valence-electron chi connectivity index (χ4n) is 1.39. The van der Waals surface area contributed by atoms with Gasteiger partial charge in [0.15, 0.2) is 0 Å². The van der Waals surface area contributed by atoms with Crippen LogP contribution in [0.15, 0.2) is 16.5 Å². The molecule has 18 heavy (non-hydrogen) atoms. The molecule has 0 atom stereocenters. The molecule has 0 radical (unpaired) electrons. The van der Waals surface area contributed by atoms with Gasteiger partial charge in [0.25, 0.3) is 5.91 Å². The van der Waals surface area contributed by atoms with Gasteiger partial charge in [-0.3, -0.25) is 10.1 Å². The lowest BCUT2D eigenvalue weighted by atomic mass is 10.2. The van der Waals surface area contributed by atoms with Crippen LogP contribution in [-0.4, -0.2) is 21.1 Å². The average molecular weight is 248 g/mol. The highest BCUT2D eigenvalue weighted by Gasteiger charge is 2.11. The van der Waals surface area contributed by atoms with E-state index in [1.807, 2.05) is 0 Å². The van der Waals surface area contributed by atoms with E-state index >= 15 is 0 Å². The minimum atomic E-state index is -0.374. The minimum absolute atomic E-state index is 0.0502. The number of carbonyl (C=O) groups excluding carboxylic acids is 1. The summed E-state index contributed by atoms with van der Waals surface area (Å²) in [5.74, 6) is 5.66. The van der Waals surface area contributed by atoms with E-state index in [-0.39, 0.29) is 11.9 Å². The van der Waals surface area contributed by atoms with Crippen LogP contribution in [0.3, 0.4) is 0 Å². The van der Waals surface area contributed by atoms with Gasteiger partial charge in [-0.05, 0) is 19.1 Å². The van der Waals surface area contributed by atoms with Crippen molar-refractivity contribution in [3.63, 3.8) is 0 Å². The van der Waals surface area contributed by atoms with Gasteiger partial charge in [-0.15, -0.1) is 5.10 Å². The van der Waals surface area contributed by atoms with E-state index in [4.69, 9.17) is 10.3 Å². The Bertz CT molecular complexity index is 579. The Morgan fingerprint density at radius 1 is 1.33 bits per heavy atom. The van der Waals surface area contributed by atoms with Crippen LogP contribution >= 0.6 is 0 Å². The maximum Gasteiger partial charge on any atom is 0.322 e. The van der Waals surface area contributed by atoms with Gasteiger partial charge in [0.05, 0.1) is 0 Å². The Morgan fingerprint density at radius 3 is 2.72 bits per heavy atom. The second kappa shape index (κ2) is 4.80. The molecule has 8 heteroatoms. The van der Waals surface area contributed by atoms with Crippen molar-refractivity contribution in [3.05, 3.63) is 29.3 Å². The van der Waals surface area contributed by atoms with Crippen LogP contribution in [0.5, 0.6) is 0 Å². The monoisotopic (exact) mass is 248 g/mol. The van der Waals surface area contributed by atoms with Gasteiger partial charge in [-0.1, -0.05) is 5.10 Å². The molecule has 2 aromatic heterocycles. The van der Waals surface area contributed by atoms with Crippen molar-refractivity contribution >= 4 is 17.7 Å². The topological polar surface area (TPSA) is 119 Å². The number of hydrogen-bond donors (Lipinski definition) is 3. The zero-order chi connectivity index (χ0) is 13.1. The van der Waals surface area contributed by atoms with Crippen molar-refractivity contribution in [2.45, 2.75) is 13.8 Å². The quantitative estimate of drug-likeness (QED) is 0.538. The molecule has 0 aliphatic rings. The number of rotatable bonds is 3. The summed E-state index contributed by atoms with van der Waals surface area (Å²) in [6.45, 7) is 3.39. The lowest BCUT2D eigenvalue weighted by molar-refractivity contribution is 0.102. The summed E-state index contributed by atoms with van der Waals surface area (Å²) in [6.07, 6.45) is 0. The van der Waals surface area contributed by atoms with Crippen LogP contribution in [-0.2, 0) is 0 Å². The summed E-state index contributed by atoms with van der Waals surface area (Å²) in [5.41, 5.74) is 3.45. The number of nitrogens with zero attached hydrogens (tertiary/aromatic N) is 3. The minimum Gasteiger partial charge on any atom is -0.408 e. The molecule has 0 aromatic carbocycles. The van der Waals surface area contributed by atoms with Crippen molar-refractivity contribution in [1.82, 2.24) is 15.2 Å². The number of nitrogen functional groups attached to an aromatic ring is 1. The first-order valence-corrected chi connectivity index (χ1v) is 5.15. The molecule has 0 spiro atoms. The van der Waals surface area contributed by atoms with E-state index in [9.17, 15) is 4.79 Å². The van der Waals surface area contributed by atoms with Gasteiger partial charge in [-0.25, -0.2) is 10.8 Å². The molecule has 0 fully saturated rings. The first-order valence-electron chi connectivity index (χ1n) is 5.15. The number of nitrogens with one attached hydrogen (secondary N) is 2. The van der Waals surface area contributed by atoms with E-state index in [0.29, 0.717) is 23.0 Å². The Balaban J connectivity index is 2.20. The third kappa shape index (κ3) is 2.61. The Kier molecular flexibility index (Phi) is 3.20. The van der Waals surface area contributed by atoms with Crippen molar-refractivity contribution in [1.29, 1.82) is 0 Å². The Labute approximate surface area is 103 Å². The number of hydrazine groups is 1. The van der Waals surface area contributed by atoms with Crippen molar-refractivity contribution < 1.29 is 9.21 Å². The molecular weight excluding hydrogens is 236 g/mol. The molecule has 0 saturated carbocycles. The van der Waals surface area contributed by atoms with Gasteiger partial charge >= 0.3 is 6.01 Å². The molecule has 0 aliphatic heterocycles. The van der Waals surface area contributed by atoms with Crippen LogP contribution in [0.4, 0.5) is 11.8 Å². The molecule has 0 unspecified atom stereocenters. The van der Waals surface area contributed by atoms with Crippen molar-refractivity contribution in [3.8, 4) is 0 Å². The lowest BCUT2D eigenvalue weighted by Crippen LogP contribution is -2.15. The second-order valence-corrected chi connectivity index (χ2v) is 3.61. The van der Waals surface area contributed by atoms with E-state index in [1.165, 1.54) is 6.07 Å². The smallest absolute Gasteiger partial charge is 0.322 e. The number of carbonyl (C=O) groups is 1. The zero-order valence-electron chi connectivity index (χ0n) is 9.89. The van der Waals surface area contributed by atoms with E-state index in [1.54, 1.807) is 19.9 Å². The van der Waals surface area contributed by atoms with Gasteiger partial charge < -0.3 is 9.84 Å². The summed E-state index contributed by atoms with van der Waals surface area (Å²) >= 11 is 0. The van der Waals surface area contributed by atoms with E-state index < -0.39 is 0 Å². The Morgan fingerprint density at radius 2 is 2.11 bits per heavy atom. The number of aryl methyl sites for hydroxylation is 2. The van der Waals surface area contributed by atoms with Gasteiger partial charge in [-0.2, -0.15) is 0 Å². The molecule has 0 saturated heterocycles. The van der Waals surface area contributed by atoms with Crippen LogP contribution in [0.1, 0.15) is 21.9 Å². The summed E-state index contributed by atoms with van der Waals surface area (Å²) in [5, 5.41) is 9.76.